The summed E-state index contributed by atoms with van der Waals surface area (Å²) in [6, 6.07) is 7.57. The molecule has 1 saturated heterocycles. The van der Waals surface area contributed by atoms with Crippen molar-refractivity contribution in [2.75, 3.05) is 18.1 Å². The maximum atomic E-state index is 11.6. The van der Waals surface area contributed by atoms with E-state index in [9.17, 15) is 8.42 Å². The zero-order valence-corrected chi connectivity index (χ0v) is 13.3. The zero-order valence-electron chi connectivity index (χ0n) is 12.5. The van der Waals surface area contributed by atoms with Crippen molar-refractivity contribution < 1.29 is 12.9 Å². The van der Waals surface area contributed by atoms with Crippen molar-refractivity contribution in [1.82, 2.24) is 15.0 Å². The largest absolute Gasteiger partial charge is 0.359 e. The van der Waals surface area contributed by atoms with Crippen molar-refractivity contribution in [2.45, 2.75) is 25.9 Å². The summed E-state index contributed by atoms with van der Waals surface area (Å²) in [5.74, 6) is 1.25. The van der Waals surface area contributed by atoms with Gasteiger partial charge in [-0.15, -0.1) is 0 Å². The van der Waals surface area contributed by atoms with E-state index in [0.717, 1.165) is 18.0 Å². The van der Waals surface area contributed by atoms with Crippen LogP contribution in [0.4, 0.5) is 0 Å². The first-order valence-corrected chi connectivity index (χ1v) is 9.21. The van der Waals surface area contributed by atoms with Crippen molar-refractivity contribution in [3.63, 3.8) is 0 Å². The zero-order chi connectivity index (χ0) is 15.6. The molecule has 1 fully saturated rings. The minimum Gasteiger partial charge on any atom is -0.359 e. The third kappa shape index (κ3) is 3.36. The van der Waals surface area contributed by atoms with Gasteiger partial charge in [-0.25, -0.2) is 8.42 Å². The molecule has 2 aromatic rings. The molecule has 3 heterocycles. The summed E-state index contributed by atoms with van der Waals surface area (Å²) in [5.41, 5.74) is 1.47. The van der Waals surface area contributed by atoms with E-state index < -0.39 is 9.84 Å². The molecule has 0 aliphatic carbocycles. The summed E-state index contributed by atoms with van der Waals surface area (Å²) in [5, 5.41) is 4.05. The Labute approximate surface area is 130 Å². The highest BCUT2D eigenvalue weighted by molar-refractivity contribution is 7.91. The molecule has 0 amide bonds. The van der Waals surface area contributed by atoms with Crippen LogP contribution in [0.15, 0.2) is 35.0 Å². The van der Waals surface area contributed by atoms with E-state index in [4.69, 9.17) is 4.52 Å². The first kappa shape index (κ1) is 15.2. The number of pyridine rings is 1. The maximum Gasteiger partial charge on any atom is 0.151 e. The van der Waals surface area contributed by atoms with E-state index in [0.29, 0.717) is 18.7 Å². The fourth-order valence-electron chi connectivity index (χ4n) is 2.79. The van der Waals surface area contributed by atoms with Gasteiger partial charge in [-0.2, -0.15) is 0 Å². The minimum atomic E-state index is -2.88. The molecule has 0 radical (unpaired) electrons. The molecule has 7 heteroatoms. The first-order valence-electron chi connectivity index (χ1n) is 7.39. The second kappa shape index (κ2) is 6.18. The Bertz CT molecular complexity index is 728. The second-order valence-electron chi connectivity index (χ2n) is 5.51. The van der Waals surface area contributed by atoms with Gasteiger partial charge in [0.15, 0.2) is 15.6 Å². The van der Waals surface area contributed by atoms with Crippen molar-refractivity contribution in [3.05, 3.63) is 36.2 Å². The van der Waals surface area contributed by atoms with Gasteiger partial charge in [0.2, 0.25) is 0 Å². The lowest BCUT2D eigenvalue weighted by molar-refractivity contribution is 0.190. The van der Waals surface area contributed by atoms with Crippen molar-refractivity contribution in [2.24, 2.45) is 0 Å². The van der Waals surface area contributed by atoms with E-state index in [-0.39, 0.29) is 17.5 Å². The van der Waals surface area contributed by atoms with Gasteiger partial charge in [0.1, 0.15) is 5.69 Å². The quantitative estimate of drug-likeness (QED) is 0.835. The molecule has 2 aromatic heterocycles. The second-order valence-corrected chi connectivity index (χ2v) is 7.74. The SMILES string of the molecule is CCN(Cc1cc(-c2ccccn2)no1)[C@@H]1CCS(=O)(=O)C1. The molecule has 0 bridgehead atoms. The van der Waals surface area contributed by atoms with Gasteiger partial charge < -0.3 is 4.52 Å². The van der Waals surface area contributed by atoms with Crippen LogP contribution < -0.4 is 0 Å². The summed E-state index contributed by atoms with van der Waals surface area (Å²) >= 11 is 0. The van der Waals surface area contributed by atoms with Crippen molar-refractivity contribution >= 4 is 9.84 Å². The van der Waals surface area contributed by atoms with Gasteiger partial charge in [-0.05, 0) is 25.1 Å². The third-order valence-electron chi connectivity index (χ3n) is 3.98. The molecule has 0 spiro atoms. The average Bonchev–Trinajstić information content (AvgIpc) is 3.12. The molecule has 22 heavy (non-hydrogen) atoms. The van der Waals surface area contributed by atoms with Crippen LogP contribution in [0.3, 0.4) is 0 Å². The molecule has 1 aliphatic heterocycles. The van der Waals surface area contributed by atoms with Gasteiger partial charge in [-0.1, -0.05) is 18.1 Å². The lowest BCUT2D eigenvalue weighted by atomic mass is 10.2. The van der Waals surface area contributed by atoms with Crippen LogP contribution in [0.25, 0.3) is 11.4 Å². The minimum absolute atomic E-state index is 0.0680. The molecular weight excluding hydrogens is 302 g/mol. The van der Waals surface area contributed by atoms with E-state index in [1.54, 1.807) is 6.20 Å². The Morgan fingerprint density at radius 3 is 2.86 bits per heavy atom. The van der Waals surface area contributed by atoms with Gasteiger partial charge in [-0.3, -0.25) is 9.88 Å². The van der Waals surface area contributed by atoms with Crippen LogP contribution in [-0.4, -0.2) is 47.6 Å². The number of sulfone groups is 1. The highest BCUT2D eigenvalue weighted by Crippen LogP contribution is 2.22. The average molecular weight is 321 g/mol. The van der Waals surface area contributed by atoms with Gasteiger partial charge in [0, 0.05) is 18.3 Å². The summed E-state index contributed by atoms with van der Waals surface area (Å²) in [4.78, 5) is 6.37. The molecule has 1 aliphatic rings. The Balaban J connectivity index is 1.71. The standard InChI is InChI=1S/C15H19N3O3S/c1-2-18(12-6-8-22(19,20)11-12)10-13-9-15(17-21-13)14-5-3-4-7-16-14/h3-5,7,9,12H,2,6,8,10-11H2,1H3/t12-/m1/s1. The van der Waals surface area contributed by atoms with E-state index in [1.807, 2.05) is 31.2 Å². The Hall–Kier alpha value is -1.73. The van der Waals surface area contributed by atoms with E-state index >= 15 is 0 Å². The van der Waals surface area contributed by atoms with Crippen LogP contribution in [0.5, 0.6) is 0 Å². The van der Waals surface area contributed by atoms with Crippen LogP contribution >= 0.6 is 0 Å². The molecule has 3 rings (SSSR count). The third-order valence-corrected chi connectivity index (χ3v) is 5.73. The molecule has 0 unspecified atom stereocenters. The molecule has 0 N–H and O–H groups in total. The summed E-state index contributed by atoms with van der Waals surface area (Å²) < 4.78 is 28.6. The van der Waals surface area contributed by atoms with Crippen LogP contribution in [0, 0.1) is 0 Å². The maximum absolute atomic E-state index is 11.6. The number of aromatic nitrogens is 2. The number of hydrogen-bond acceptors (Lipinski definition) is 6. The normalized spacial score (nSPS) is 20.5. The highest BCUT2D eigenvalue weighted by atomic mass is 32.2. The van der Waals surface area contributed by atoms with Crippen LogP contribution in [-0.2, 0) is 16.4 Å². The van der Waals surface area contributed by atoms with Gasteiger partial charge in [0.05, 0.1) is 23.7 Å². The molecule has 0 aromatic carbocycles. The lowest BCUT2D eigenvalue weighted by Gasteiger charge is -2.24. The van der Waals surface area contributed by atoms with Crippen LogP contribution in [0.1, 0.15) is 19.1 Å². The van der Waals surface area contributed by atoms with Crippen molar-refractivity contribution in [3.8, 4) is 11.4 Å². The summed E-state index contributed by atoms with van der Waals surface area (Å²) in [6.45, 7) is 3.37. The monoisotopic (exact) mass is 321 g/mol. The molecule has 1 atom stereocenters. The van der Waals surface area contributed by atoms with Crippen LogP contribution in [0.2, 0.25) is 0 Å². The molecule has 118 valence electrons. The fraction of sp³-hybridized carbons (Fsp3) is 0.467. The molecule has 6 nitrogen and oxygen atoms in total. The van der Waals surface area contributed by atoms with Crippen molar-refractivity contribution in [1.29, 1.82) is 0 Å². The predicted molar refractivity (Wildman–Crippen MR) is 82.9 cm³/mol. The smallest absolute Gasteiger partial charge is 0.151 e. The van der Waals surface area contributed by atoms with Gasteiger partial charge >= 0.3 is 0 Å². The summed E-state index contributed by atoms with van der Waals surface area (Å²) in [6.07, 6.45) is 2.41. The predicted octanol–water partition coefficient (Wildman–Crippen LogP) is 1.75. The van der Waals surface area contributed by atoms with Gasteiger partial charge in [0.25, 0.3) is 0 Å². The first-order chi connectivity index (χ1) is 10.6. The molecule has 0 saturated carbocycles. The number of hydrogen-bond donors (Lipinski definition) is 0. The Kier molecular flexibility index (Phi) is 4.26. The highest BCUT2D eigenvalue weighted by Gasteiger charge is 2.32. The number of nitrogens with zero attached hydrogens (tertiary/aromatic N) is 3. The molecular formula is C15H19N3O3S. The number of rotatable bonds is 5. The Morgan fingerprint density at radius 1 is 1.36 bits per heavy atom. The van der Waals surface area contributed by atoms with E-state index in [2.05, 4.69) is 15.0 Å². The topological polar surface area (TPSA) is 76.3 Å². The summed E-state index contributed by atoms with van der Waals surface area (Å²) in [7, 11) is -2.88. The van der Waals surface area contributed by atoms with E-state index in [1.165, 1.54) is 0 Å². The fourth-order valence-corrected chi connectivity index (χ4v) is 4.55. The lowest BCUT2D eigenvalue weighted by Crippen LogP contribution is -2.35. The Morgan fingerprint density at radius 2 is 2.23 bits per heavy atom.